The van der Waals surface area contributed by atoms with Crippen LogP contribution in [-0.2, 0) is 6.42 Å². The van der Waals surface area contributed by atoms with Gasteiger partial charge in [-0.1, -0.05) is 91.0 Å². The Bertz CT molecular complexity index is 997. The van der Waals surface area contributed by atoms with Crippen LogP contribution in [0.5, 0.6) is 0 Å². The molecule has 5 rings (SSSR count). The first-order chi connectivity index (χ1) is 11.9. The zero-order valence-corrected chi connectivity index (χ0v) is 13.4. The molecule has 0 saturated heterocycles. The fraction of sp³-hybridized carbons (Fsp3) is 0.0833. The topological polar surface area (TPSA) is 0 Å². The van der Waals surface area contributed by atoms with E-state index < -0.39 is 0 Å². The van der Waals surface area contributed by atoms with E-state index in [1.54, 1.807) is 0 Å². The zero-order valence-electron chi connectivity index (χ0n) is 13.4. The second-order valence-corrected chi connectivity index (χ2v) is 6.61. The molecule has 1 aliphatic carbocycles. The van der Waals surface area contributed by atoms with Crippen molar-refractivity contribution in [2.45, 2.75) is 12.3 Å². The summed E-state index contributed by atoms with van der Waals surface area (Å²) in [5, 5.41) is 2.64. The van der Waals surface area contributed by atoms with E-state index in [-0.39, 0.29) is 0 Å². The lowest BCUT2D eigenvalue weighted by Crippen LogP contribution is -2.01. The standard InChI is InChI=1S/C24H18/c1-2-8-19-15-17(13-14-18(19)7-1)16-24-22-11-5-3-9-20(22)21-10-4-6-12-23(21)24/h1-15,24H,16H2. The molecule has 0 aromatic heterocycles. The smallest absolute Gasteiger partial charge is 0.0142 e. The zero-order chi connectivity index (χ0) is 15.9. The number of fused-ring (bicyclic) bond motifs is 4. The molecule has 0 heteroatoms. The molecule has 4 aromatic rings. The summed E-state index contributed by atoms with van der Waals surface area (Å²) < 4.78 is 0. The molecule has 0 bridgehead atoms. The third-order valence-electron chi connectivity index (χ3n) is 5.22. The van der Waals surface area contributed by atoms with Gasteiger partial charge in [-0.05, 0) is 45.0 Å². The van der Waals surface area contributed by atoms with Gasteiger partial charge in [0.15, 0.2) is 0 Å². The Balaban J connectivity index is 1.61. The molecular weight excluding hydrogens is 288 g/mol. The van der Waals surface area contributed by atoms with Crippen molar-refractivity contribution in [1.82, 2.24) is 0 Å². The fourth-order valence-electron chi connectivity index (χ4n) is 4.08. The number of hydrogen-bond donors (Lipinski definition) is 0. The third-order valence-corrected chi connectivity index (χ3v) is 5.22. The Morgan fingerprint density at radius 2 is 1.12 bits per heavy atom. The summed E-state index contributed by atoms with van der Waals surface area (Å²) in [5.41, 5.74) is 7.14. The lowest BCUT2D eigenvalue weighted by Gasteiger charge is -2.14. The highest BCUT2D eigenvalue weighted by molar-refractivity contribution is 5.83. The summed E-state index contributed by atoms with van der Waals surface area (Å²) in [6.07, 6.45) is 1.05. The maximum absolute atomic E-state index is 2.35. The van der Waals surface area contributed by atoms with Crippen LogP contribution in [0.25, 0.3) is 21.9 Å². The van der Waals surface area contributed by atoms with Crippen molar-refractivity contribution in [2.24, 2.45) is 0 Å². The van der Waals surface area contributed by atoms with Crippen molar-refractivity contribution in [3.63, 3.8) is 0 Å². The highest BCUT2D eigenvalue weighted by atomic mass is 14.3. The summed E-state index contributed by atoms with van der Waals surface area (Å²) in [4.78, 5) is 0. The quantitative estimate of drug-likeness (QED) is 0.414. The van der Waals surface area contributed by atoms with Crippen LogP contribution in [-0.4, -0.2) is 0 Å². The molecule has 0 saturated carbocycles. The van der Waals surface area contributed by atoms with Crippen molar-refractivity contribution in [3.05, 3.63) is 108 Å². The van der Waals surface area contributed by atoms with Crippen LogP contribution in [0.15, 0.2) is 91.0 Å². The number of benzene rings is 4. The molecule has 0 amide bonds. The van der Waals surface area contributed by atoms with E-state index in [2.05, 4.69) is 91.0 Å². The molecule has 114 valence electrons. The van der Waals surface area contributed by atoms with E-state index in [4.69, 9.17) is 0 Å². The molecule has 1 aliphatic rings. The number of rotatable bonds is 2. The first-order valence-electron chi connectivity index (χ1n) is 8.56. The van der Waals surface area contributed by atoms with Gasteiger partial charge in [-0.25, -0.2) is 0 Å². The van der Waals surface area contributed by atoms with Crippen molar-refractivity contribution >= 4 is 10.8 Å². The van der Waals surface area contributed by atoms with Gasteiger partial charge >= 0.3 is 0 Å². The van der Waals surface area contributed by atoms with Crippen LogP contribution in [0.1, 0.15) is 22.6 Å². The monoisotopic (exact) mass is 306 g/mol. The second kappa shape index (κ2) is 5.35. The van der Waals surface area contributed by atoms with Crippen LogP contribution >= 0.6 is 0 Å². The first kappa shape index (κ1) is 13.6. The molecule has 0 radical (unpaired) electrons. The number of hydrogen-bond acceptors (Lipinski definition) is 0. The van der Waals surface area contributed by atoms with Gasteiger partial charge in [-0.3, -0.25) is 0 Å². The van der Waals surface area contributed by atoms with E-state index >= 15 is 0 Å². The second-order valence-electron chi connectivity index (χ2n) is 6.61. The Hall–Kier alpha value is -2.86. The SMILES string of the molecule is c1ccc2c(c1)-c1ccccc1C2Cc1ccc2ccccc2c1. The maximum atomic E-state index is 2.35. The van der Waals surface area contributed by atoms with Crippen LogP contribution < -0.4 is 0 Å². The minimum Gasteiger partial charge on any atom is -0.0619 e. The average molecular weight is 306 g/mol. The highest BCUT2D eigenvalue weighted by Gasteiger charge is 2.27. The van der Waals surface area contributed by atoms with Crippen molar-refractivity contribution in [2.75, 3.05) is 0 Å². The largest absolute Gasteiger partial charge is 0.0619 e. The molecular formula is C24H18. The Labute approximate surface area is 142 Å². The van der Waals surface area contributed by atoms with Crippen LogP contribution in [0.2, 0.25) is 0 Å². The summed E-state index contributed by atoms with van der Waals surface area (Å²) in [6.45, 7) is 0. The van der Waals surface area contributed by atoms with E-state index in [1.165, 1.54) is 38.6 Å². The Morgan fingerprint density at radius 3 is 1.83 bits per heavy atom. The maximum Gasteiger partial charge on any atom is 0.0142 e. The Morgan fingerprint density at radius 1 is 0.542 bits per heavy atom. The molecule has 0 fully saturated rings. The van der Waals surface area contributed by atoms with Gasteiger partial charge in [-0.15, -0.1) is 0 Å². The molecule has 4 aromatic carbocycles. The molecule has 0 nitrogen and oxygen atoms in total. The predicted molar refractivity (Wildman–Crippen MR) is 101 cm³/mol. The molecule has 0 N–H and O–H groups in total. The summed E-state index contributed by atoms with van der Waals surface area (Å²) >= 11 is 0. The van der Waals surface area contributed by atoms with Gasteiger partial charge < -0.3 is 0 Å². The van der Waals surface area contributed by atoms with Gasteiger partial charge in [0.05, 0.1) is 0 Å². The van der Waals surface area contributed by atoms with Crippen LogP contribution in [0.4, 0.5) is 0 Å². The van der Waals surface area contributed by atoms with Gasteiger partial charge in [0.1, 0.15) is 0 Å². The molecule has 0 atom stereocenters. The minimum atomic E-state index is 0.457. The minimum absolute atomic E-state index is 0.457. The van der Waals surface area contributed by atoms with Crippen molar-refractivity contribution in [3.8, 4) is 11.1 Å². The Kier molecular flexibility index (Phi) is 3.02. The lowest BCUT2D eigenvalue weighted by molar-refractivity contribution is 0.828. The normalized spacial score (nSPS) is 13.0. The van der Waals surface area contributed by atoms with Gasteiger partial charge in [-0.2, -0.15) is 0 Å². The van der Waals surface area contributed by atoms with E-state index in [9.17, 15) is 0 Å². The molecule has 0 spiro atoms. The molecule has 0 aliphatic heterocycles. The third kappa shape index (κ3) is 2.07. The summed E-state index contributed by atoms with van der Waals surface area (Å²) in [5.74, 6) is 0.457. The van der Waals surface area contributed by atoms with Gasteiger partial charge in [0.2, 0.25) is 0 Å². The van der Waals surface area contributed by atoms with Crippen LogP contribution in [0, 0.1) is 0 Å². The van der Waals surface area contributed by atoms with Gasteiger partial charge in [0.25, 0.3) is 0 Å². The summed E-state index contributed by atoms with van der Waals surface area (Å²) in [7, 11) is 0. The summed E-state index contributed by atoms with van der Waals surface area (Å²) in [6, 6.07) is 33.2. The van der Waals surface area contributed by atoms with E-state index in [0.717, 1.165) is 6.42 Å². The van der Waals surface area contributed by atoms with Crippen LogP contribution in [0.3, 0.4) is 0 Å². The fourth-order valence-corrected chi connectivity index (χ4v) is 4.08. The molecule has 0 heterocycles. The van der Waals surface area contributed by atoms with Gasteiger partial charge in [0, 0.05) is 5.92 Å². The van der Waals surface area contributed by atoms with Crippen molar-refractivity contribution in [1.29, 1.82) is 0 Å². The van der Waals surface area contributed by atoms with E-state index in [0.29, 0.717) is 5.92 Å². The average Bonchev–Trinajstić information content (AvgIpc) is 2.96. The molecule has 0 unspecified atom stereocenters. The lowest BCUT2D eigenvalue weighted by atomic mass is 9.89. The first-order valence-corrected chi connectivity index (χ1v) is 8.56. The van der Waals surface area contributed by atoms with Crippen molar-refractivity contribution < 1.29 is 0 Å². The molecule has 24 heavy (non-hydrogen) atoms. The predicted octanol–water partition coefficient (Wildman–Crippen LogP) is 6.19. The van der Waals surface area contributed by atoms with E-state index in [1.807, 2.05) is 0 Å². The highest BCUT2D eigenvalue weighted by Crippen LogP contribution is 2.45.